The van der Waals surface area contributed by atoms with Crippen LogP contribution in [0.25, 0.3) is 5.65 Å². The molecular weight excluding hydrogens is 414 g/mol. The van der Waals surface area contributed by atoms with Gasteiger partial charge >= 0.3 is 6.03 Å². The summed E-state index contributed by atoms with van der Waals surface area (Å²) in [5.74, 6) is 2.38. The van der Waals surface area contributed by atoms with Crippen molar-refractivity contribution < 1.29 is 4.79 Å². The molecule has 0 spiro atoms. The Bertz CT molecular complexity index is 1340. The Morgan fingerprint density at radius 1 is 1.00 bits per heavy atom. The van der Waals surface area contributed by atoms with Gasteiger partial charge in [-0.05, 0) is 67.6 Å². The second-order valence-electron chi connectivity index (χ2n) is 8.85. The largest absolute Gasteiger partial charge is 0.351 e. The fourth-order valence-electron chi connectivity index (χ4n) is 4.40. The van der Waals surface area contributed by atoms with Gasteiger partial charge in [-0.2, -0.15) is 4.52 Å². The molecule has 2 aromatic heterocycles. The molecule has 1 fully saturated rings. The van der Waals surface area contributed by atoms with Crippen LogP contribution >= 0.6 is 0 Å². The number of carbonyl (C=O) groups excluding carboxylic acids is 1. The van der Waals surface area contributed by atoms with Gasteiger partial charge < -0.3 is 15.5 Å². The fraction of sp³-hybridized carbons (Fsp3) is 0.280. The predicted molar refractivity (Wildman–Crippen MR) is 128 cm³/mol. The van der Waals surface area contributed by atoms with Crippen LogP contribution < -0.4 is 15.5 Å². The average molecular weight is 440 g/mol. The third kappa shape index (κ3) is 3.88. The summed E-state index contributed by atoms with van der Waals surface area (Å²) in [4.78, 5) is 14.8. The first-order chi connectivity index (χ1) is 16.1. The molecule has 8 nitrogen and oxygen atoms in total. The minimum atomic E-state index is -0.234. The van der Waals surface area contributed by atoms with Crippen molar-refractivity contribution in [3.8, 4) is 0 Å². The summed E-state index contributed by atoms with van der Waals surface area (Å²) >= 11 is 0. The zero-order valence-corrected chi connectivity index (χ0v) is 18.5. The van der Waals surface area contributed by atoms with Crippen molar-refractivity contribution in [2.75, 3.05) is 22.1 Å². The maximum Gasteiger partial charge on any atom is 0.323 e. The lowest BCUT2D eigenvalue weighted by Gasteiger charge is -2.31. The molecule has 1 aliphatic heterocycles. The Hall–Kier alpha value is -3.94. The van der Waals surface area contributed by atoms with E-state index in [4.69, 9.17) is 5.10 Å². The lowest BCUT2D eigenvalue weighted by molar-refractivity contribution is 0.262. The molecular formula is C25H25N7O. The van der Waals surface area contributed by atoms with Gasteiger partial charge in [-0.3, -0.25) is 0 Å². The van der Waals surface area contributed by atoms with Crippen molar-refractivity contribution in [2.45, 2.75) is 38.6 Å². The monoisotopic (exact) mass is 439 g/mol. The molecule has 0 saturated heterocycles. The minimum Gasteiger partial charge on any atom is -0.351 e. The number of rotatable bonds is 4. The van der Waals surface area contributed by atoms with Crippen LogP contribution in [0.1, 0.15) is 41.3 Å². The summed E-state index contributed by atoms with van der Waals surface area (Å²) in [5.41, 5.74) is 5.96. The maximum absolute atomic E-state index is 12.6. The van der Waals surface area contributed by atoms with Crippen LogP contribution in [-0.4, -0.2) is 32.4 Å². The summed E-state index contributed by atoms with van der Waals surface area (Å²) < 4.78 is 1.90. The van der Waals surface area contributed by atoms with Gasteiger partial charge in [0, 0.05) is 30.4 Å². The van der Waals surface area contributed by atoms with Gasteiger partial charge in [-0.1, -0.05) is 29.8 Å². The van der Waals surface area contributed by atoms with Crippen molar-refractivity contribution in [2.24, 2.45) is 0 Å². The van der Waals surface area contributed by atoms with E-state index in [1.807, 2.05) is 60.0 Å². The highest BCUT2D eigenvalue weighted by atomic mass is 16.2. The topological polar surface area (TPSA) is 87.5 Å². The van der Waals surface area contributed by atoms with E-state index < -0.39 is 0 Å². The molecule has 0 bridgehead atoms. The lowest BCUT2D eigenvalue weighted by atomic mass is 9.97. The van der Waals surface area contributed by atoms with Gasteiger partial charge in [-0.25, -0.2) is 4.79 Å². The second kappa shape index (κ2) is 7.88. The molecule has 4 aromatic rings. The molecule has 2 aromatic carbocycles. The smallest absolute Gasteiger partial charge is 0.323 e. The number of nitrogens with zero attached hydrogens (tertiary/aromatic N) is 5. The van der Waals surface area contributed by atoms with Crippen LogP contribution in [0, 0.1) is 6.92 Å². The SMILES string of the molecule is Cc1ccc(NC(=O)Nc2cccc3c2CCN(c2ccc4nnc(C5CC5)n4n2)C3)cc1. The number of hydrogen-bond donors (Lipinski definition) is 2. The first kappa shape index (κ1) is 19.7. The number of anilines is 3. The van der Waals surface area contributed by atoms with Gasteiger partial charge in [0.2, 0.25) is 0 Å². The van der Waals surface area contributed by atoms with E-state index in [2.05, 4.69) is 31.8 Å². The third-order valence-corrected chi connectivity index (χ3v) is 6.36. The van der Waals surface area contributed by atoms with Crippen LogP contribution in [0.15, 0.2) is 54.6 Å². The molecule has 33 heavy (non-hydrogen) atoms. The van der Waals surface area contributed by atoms with E-state index in [0.717, 1.165) is 66.6 Å². The number of nitrogens with one attached hydrogen (secondary N) is 2. The maximum atomic E-state index is 12.6. The summed E-state index contributed by atoms with van der Waals surface area (Å²) in [6, 6.07) is 17.6. The van der Waals surface area contributed by atoms with Crippen molar-refractivity contribution in [1.29, 1.82) is 0 Å². The Morgan fingerprint density at radius 2 is 1.85 bits per heavy atom. The predicted octanol–water partition coefficient (Wildman–Crippen LogP) is 4.52. The number of aromatic nitrogens is 4. The van der Waals surface area contributed by atoms with Gasteiger partial charge in [0.1, 0.15) is 5.82 Å². The Morgan fingerprint density at radius 3 is 2.67 bits per heavy atom. The van der Waals surface area contributed by atoms with Gasteiger partial charge in [0.25, 0.3) is 0 Å². The normalized spacial score (nSPS) is 15.4. The number of hydrogen-bond acceptors (Lipinski definition) is 5. The van der Waals surface area contributed by atoms with E-state index >= 15 is 0 Å². The summed E-state index contributed by atoms with van der Waals surface area (Å²) in [5, 5.41) is 19.4. The highest BCUT2D eigenvalue weighted by Gasteiger charge is 2.29. The number of aryl methyl sites for hydroxylation is 1. The molecule has 3 heterocycles. The summed E-state index contributed by atoms with van der Waals surface area (Å²) in [6.45, 7) is 3.59. The average Bonchev–Trinajstić information content (AvgIpc) is 3.59. The van der Waals surface area contributed by atoms with Crippen LogP contribution in [-0.2, 0) is 13.0 Å². The number of fused-ring (bicyclic) bond motifs is 2. The van der Waals surface area contributed by atoms with Crippen LogP contribution in [0.4, 0.5) is 22.0 Å². The quantitative estimate of drug-likeness (QED) is 0.488. The van der Waals surface area contributed by atoms with Crippen LogP contribution in [0.5, 0.6) is 0 Å². The highest BCUT2D eigenvalue weighted by molar-refractivity contribution is 6.00. The Labute approximate surface area is 191 Å². The number of carbonyl (C=O) groups is 1. The Kier molecular flexibility index (Phi) is 4.71. The molecule has 0 unspecified atom stereocenters. The highest BCUT2D eigenvalue weighted by Crippen LogP contribution is 2.39. The first-order valence-electron chi connectivity index (χ1n) is 11.4. The van der Waals surface area contributed by atoms with Crippen molar-refractivity contribution in [1.82, 2.24) is 19.8 Å². The second-order valence-corrected chi connectivity index (χ2v) is 8.85. The van der Waals surface area contributed by atoms with Gasteiger partial charge in [0.15, 0.2) is 11.5 Å². The zero-order valence-electron chi connectivity index (χ0n) is 18.5. The number of amides is 2. The van der Waals surface area contributed by atoms with E-state index in [-0.39, 0.29) is 6.03 Å². The van der Waals surface area contributed by atoms with E-state index in [1.165, 1.54) is 11.1 Å². The molecule has 8 heteroatoms. The molecule has 2 amide bonds. The Balaban J connectivity index is 1.20. The molecule has 1 saturated carbocycles. The van der Waals surface area contributed by atoms with Crippen LogP contribution in [0.3, 0.4) is 0 Å². The summed E-state index contributed by atoms with van der Waals surface area (Å²) in [6.07, 6.45) is 3.15. The van der Waals surface area contributed by atoms with Crippen molar-refractivity contribution in [3.63, 3.8) is 0 Å². The molecule has 0 atom stereocenters. The molecule has 6 rings (SSSR count). The zero-order chi connectivity index (χ0) is 22.4. The third-order valence-electron chi connectivity index (χ3n) is 6.36. The fourth-order valence-corrected chi connectivity index (χ4v) is 4.40. The van der Waals surface area contributed by atoms with E-state index in [9.17, 15) is 4.79 Å². The standard InChI is InChI=1S/C25H25N7O/c1-16-5-9-19(10-6-16)26-25(33)27-21-4-2-3-18-15-31(14-13-20(18)21)23-12-11-22-28-29-24(17-7-8-17)32(22)30-23/h2-6,9-12,17H,7-8,13-15H2,1H3,(H2,26,27,33). The van der Waals surface area contributed by atoms with E-state index in [1.54, 1.807) is 0 Å². The lowest BCUT2D eigenvalue weighted by Crippen LogP contribution is -2.32. The molecule has 166 valence electrons. The molecule has 0 radical (unpaired) electrons. The van der Waals surface area contributed by atoms with Gasteiger partial charge in [0.05, 0.1) is 0 Å². The van der Waals surface area contributed by atoms with Crippen molar-refractivity contribution >= 4 is 28.9 Å². The summed E-state index contributed by atoms with van der Waals surface area (Å²) in [7, 11) is 0. The van der Waals surface area contributed by atoms with Crippen molar-refractivity contribution in [3.05, 3.63) is 77.1 Å². The molecule has 2 N–H and O–H groups in total. The molecule has 1 aliphatic carbocycles. The van der Waals surface area contributed by atoms with Gasteiger partial charge in [-0.15, -0.1) is 15.3 Å². The number of urea groups is 1. The molecule has 2 aliphatic rings. The van der Waals surface area contributed by atoms with Crippen LogP contribution in [0.2, 0.25) is 0 Å². The minimum absolute atomic E-state index is 0.234. The first-order valence-corrected chi connectivity index (χ1v) is 11.4. The van der Waals surface area contributed by atoms with E-state index in [0.29, 0.717) is 5.92 Å². The number of benzene rings is 2.